The summed E-state index contributed by atoms with van der Waals surface area (Å²) in [7, 11) is 2.38. The van der Waals surface area contributed by atoms with Crippen molar-refractivity contribution in [1.29, 1.82) is 0 Å². The molecule has 1 rings (SSSR count). The Bertz CT molecular complexity index is 418. The van der Waals surface area contributed by atoms with Gasteiger partial charge in [0.05, 0.1) is 26.3 Å². The van der Waals surface area contributed by atoms with Crippen molar-refractivity contribution < 1.29 is 27.4 Å². The predicted octanol–water partition coefficient (Wildman–Crippen LogP) is 1.82. The van der Waals surface area contributed by atoms with Gasteiger partial charge >= 0.3 is 12.1 Å². The normalized spacial score (nSPS) is 11.1. The summed E-state index contributed by atoms with van der Waals surface area (Å²) >= 11 is 0. The van der Waals surface area contributed by atoms with Crippen LogP contribution in [0.2, 0.25) is 0 Å². The third-order valence-corrected chi connectivity index (χ3v) is 1.93. The third kappa shape index (κ3) is 3.61. The van der Waals surface area contributed by atoms with Crippen LogP contribution in [0, 0.1) is 0 Å². The molecule has 94 valence electrons. The summed E-state index contributed by atoms with van der Waals surface area (Å²) in [6, 6.07) is 2.02. The average molecular weight is 249 g/mol. The van der Waals surface area contributed by atoms with Gasteiger partial charge in [-0.1, -0.05) is 0 Å². The zero-order chi connectivity index (χ0) is 13.1. The number of hydrogen-bond donors (Lipinski definition) is 0. The lowest BCUT2D eigenvalue weighted by molar-refractivity contribution is -0.143. The molecule has 0 N–H and O–H groups in total. The molecule has 0 atom stereocenters. The second-order valence-corrected chi connectivity index (χ2v) is 3.13. The summed E-state index contributed by atoms with van der Waals surface area (Å²) in [4.78, 5) is 14.3. The van der Waals surface area contributed by atoms with E-state index in [2.05, 4.69) is 9.72 Å². The number of alkyl halides is 3. The first kappa shape index (κ1) is 13.3. The van der Waals surface area contributed by atoms with Gasteiger partial charge < -0.3 is 9.47 Å². The first-order valence-electron chi connectivity index (χ1n) is 4.55. The second kappa shape index (κ2) is 5.03. The molecule has 0 spiro atoms. The molecule has 0 fully saturated rings. The lowest BCUT2D eigenvalue weighted by Crippen LogP contribution is -2.12. The number of rotatable bonds is 3. The fourth-order valence-corrected chi connectivity index (χ4v) is 1.13. The molecule has 0 radical (unpaired) electrons. The Morgan fingerprint density at radius 3 is 2.47 bits per heavy atom. The number of pyridine rings is 1. The van der Waals surface area contributed by atoms with Gasteiger partial charge in [-0.05, 0) is 0 Å². The van der Waals surface area contributed by atoms with Crippen LogP contribution in [-0.2, 0) is 22.1 Å². The fraction of sp³-hybridized carbons (Fsp3) is 0.400. The van der Waals surface area contributed by atoms with Crippen molar-refractivity contribution in [2.45, 2.75) is 12.6 Å². The highest BCUT2D eigenvalue weighted by atomic mass is 19.4. The minimum Gasteiger partial charge on any atom is -0.497 e. The van der Waals surface area contributed by atoms with Crippen molar-refractivity contribution in [3.05, 3.63) is 23.5 Å². The molecule has 1 aromatic heterocycles. The van der Waals surface area contributed by atoms with Gasteiger partial charge in [-0.2, -0.15) is 13.2 Å². The molecule has 0 saturated heterocycles. The quantitative estimate of drug-likeness (QED) is 0.767. The molecule has 0 amide bonds. The van der Waals surface area contributed by atoms with Crippen LogP contribution in [-0.4, -0.2) is 25.2 Å². The standard InChI is InChI=1S/C10H10F3NO3/c1-16-7-3-6(4-9(15)17-2)14-8(5-7)10(11,12)13/h3,5H,4H2,1-2H3. The molecule has 0 unspecified atom stereocenters. The van der Waals surface area contributed by atoms with Crippen molar-refractivity contribution in [2.24, 2.45) is 0 Å². The van der Waals surface area contributed by atoms with E-state index in [1.54, 1.807) is 0 Å². The lowest BCUT2D eigenvalue weighted by Gasteiger charge is -2.10. The van der Waals surface area contributed by atoms with Gasteiger partial charge in [0.1, 0.15) is 11.4 Å². The number of methoxy groups -OCH3 is 2. The number of carbonyl (C=O) groups is 1. The van der Waals surface area contributed by atoms with Crippen LogP contribution in [0.25, 0.3) is 0 Å². The SMILES string of the molecule is COC(=O)Cc1cc(OC)cc(C(F)(F)F)n1. The van der Waals surface area contributed by atoms with Crippen LogP contribution in [0.3, 0.4) is 0 Å². The highest BCUT2D eigenvalue weighted by molar-refractivity contribution is 5.71. The number of carbonyl (C=O) groups excluding carboxylic acids is 1. The molecule has 1 heterocycles. The topological polar surface area (TPSA) is 48.4 Å². The van der Waals surface area contributed by atoms with E-state index in [0.29, 0.717) is 0 Å². The van der Waals surface area contributed by atoms with Crippen LogP contribution in [0.4, 0.5) is 13.2 Å². The van der Waals surface area contributed by atoms with Gasteiger partial charge in [0, 0.05) is 12.1 Å². The van der Waals surface area contributed by atoms with E-state index in [4.69, 9.17) is 4.74 Å². The molecular formula is C10H10F3NO3. The van der Waals surface area contributed by atoms with Crippen LogP contribution < -0.4 is 4.74 Å². The third-order valence-electron chi connectivity index (χ3n) is 1.93. The maximum Gasteiger partial charge on any atom is 0.433 e. The molecule has 0 bridgehead atoms. The Morgan fingerprint density at radius 1 is 1.35 bits per heavy atom. The summed E-state index contributed by atoms with van der Waals surface area (Å²) < 4.78 is 46.5. The summed E-state index contributed by atoms with van der Waals surface area (Å²) in [5, 5.41) is 0. The second-order valence-electron chi connectivity index (χ2n) is 3.13. The highest BCUT2D eigenvalue weighted by Crippen LogP contribution is 2.30. The van der Waals surface area contributed by atoms with Crippen LogP contribution in [0.1, 0.15) is 11.4 Å². The van der Waals surface area contributed by atoms with E-state index >= 15 is 0 Å². The minimum atomic E-state index is -4.58. The smallest absolute Gasteiger partial charge is 0.433 e. The largest absolute Gasteiger partial charge is 0.497 e. The molecular weight excluding hydrogens is 239 g/mol. The molecule has 0 aliphatic rings. The van der Waals surface area contributed by atoms with Crippen molar-refractivity contribution >= 4 is 5.97 Å². The molecule has 0 aliphatic heterocycles. The fourth-order valence-electron chi connectivity index (χ4n) is 1.13. The molecule has 0 aliphatic carbocycles. The number of esters is 1. The number of halogens is 3. The Hall–Kier alpha value is -1.79. The molecule has 0 aromatic carbocycles. The van der Waals surface area contributed by atoms with E-state index in [0.717, 1.165) is 13.2 Å². The van der Waals surface area contributed by atoms with Gasteiger partial charge in [-0.25, -0.2) is 4.98 Å². The van der Waals surface area contributed by atoms with Crippen LogP contribution in [0.5, 0.6) is 5.75 Å². The maximum atomic E-state index is 12.5. The predicted molar refractivity (Wildman–Crippen MR) is 51.5 cm³/mol. The van der Waals surface area contributed by atoms with Crippen LogP contribution >= 0.6 is 0 Å². The van der Waals surface area contributed by atoms with Gasteiger partial charge in [0.25, 0.3) is 0 Å². The van der Waals surface area contributed by atoms with Gasteiger partial charge in [-0.3, -0.25) is 4.79 Å². The van der Waals surface area contributed by atoms with Gasteiger partial charge in [-0.15, -0.1) is 0 Å². The summed E-state index contributed by atoms with van der Waals surface area (Å²) in [6.45, 7) is 0. The Morgan fingerprint density at radius 2 is 2.00 bits per heavy atom. The average Bonchev–Trinajstić information content (AvgIpc) is 2.27. The Labute approximate surface area is 95.4 Å². The van der Waals surface area contributed by atoms with E-state index < -0.39 is 17.8 Å². The number of aromatic nitrogens is 1. The minimum absolute atomic E-state index is 0.00812. The van der Waals surface area contributed by atoms with Crippen molar-refractivity contribution in [1.82, 2.24) is 4.98 Å². The Balaban J connectivity index is 3.10. The Kier molecular flexibility index (Phi) is 3.93. The van der Waals surface area contributed by atoms with Crippen molar-refractivity contribution in [3.63, 3.8) is 0 Å². The first-order chi connectivity index (χ1) is 7.86. The molecule has 17 heavy (non-hydrogen) atoms. The molecule has 4 nitrogen and oxygen atoms in total. The summed E-state index contributed by atoms with van der Waals surface area (Å²) in [5.41, 5.74) is -1.15. The van der Waals surface area contributed by atoms with E-state index in [9.17, 15) is 18.0 Å². The number of ether oxygens (including phenoxy) is 2. The van der Waals surface area contributed by atoms with Crippen molar-refractivity contribution in [3.8, 4) is 5.75 Å². The van der Waals surface area contributed by atoms with Gasteiger partial charge in [0.15, 0.2) is 0 Å². The summed E-state index contributed by atoms with van der Waals surface area (Å²) in [5.74, 6) is -0.676. The highest BCUT2D eigenvalue weighted by Gasteiger charge is 2.33. The molecule has 1 aromatic rings. The number of hydrogen-bond acceptors (Lipinski definition) is 4. The maximum absolute atomic E-state index is 12.5. The lowest BCUT2D eigenvalue weighted by atomic mass is 10.2. The molecule has 0 saturated carbocycles. The van der Waals surface area contributed by atoms with E-state index in [-0.39, 0.29) is 17.9 Å². The van der Waals surface area contributed by atoms with Gasteiger partial charge in [0.2, 0.25) is 0 Å². The summed E-state index contributed by atoms with van der Waals surface area (Å²) in [6.07, 6.45) is -4.92. The first-order valence-corrected chi connectivity index (χ1v) is 4.55. The zero-order valence-corrected chi connectivity index (χ0v) is 9.17. The van der Waals surface area contributed by atoms with Crippen molar-refractivity contribution in [2.75, 3.05) is 14.2 Å². The van der Waals surface area contributed by atoms with E-state index in [1.807, 2.05) is 0 Å². The monoisotopic (exact) mass is 249 g/mol. The number of nitrogens with zero attached hydrogens (tertiary/aromatic N) is 1. The zero-order valence-electron chi connectivity index (χ0n) is 9.17. The van der Waals surface area contributed by atoms with Crippen LogP contribution in [0.15, 0.2) is 12.1 Å². The van der Waals surface area contributed by atoms with E-state index in [1.165, 1.54) is 13.2 Å². The molecule has 7 heteroatoms.